The van der Waals surface area contributed by atoms with Crippen LogP contribution in [0.2, 0.25) is 0 Å². The first-order valence-electron chi connectivity index (χ1n) is 8.62. The number of ether oxygens (including phenoxy) is 1. The smallest absolute Gasteiger partial charge is 0.358 e. The minimum absolute atomic E-state index is 0.0800. The van der Waals surface area contributed by atoms with Gasteiger partial charge in [-0.3, -0.25) is 0 Å². The van der Waals surface area contributed by atoms with Gasteiger partial charge in [-0.2, -0.15) is 5.10 Å². The molecule has 3 rings (SSSR count). The summed E-state index contributed by atoms with van der Waals surface area (Å²) in [6, 6.07) is 13.7. The van der Waals surface area contributed by atoms with Gasteiger partial charge in [0.05, 0.1) is 28.4 Å². The van der Waals surface area contributed by atoms with Crippen LogP contribution in [0.15, 0.2) is 59.5 Å². The zero-order valence-electron chi connectivity index (χ0n) is 15.7. The SMILES string of the molecule is CCOC(=O)c1cc(-c2ccc(S(C)(=O)=O)cc2)n(-c2ccc(C(=O)O)cc2)n1. The van der Waals surface area contributed by atoms with Gasteiger partial charge in [0, 0.05) is 11.8 Å². The number of aromatic carboxylic acids is 1. The number of benzene rings is 2. The Kier molecular flexibility index (Phi) is 5.51. The van der Waals surface area contributed by atoms with E-state index in [4.69, 9.17) is 9.84 Å². The maximum atomic E-state index is 12.1. The summed E-state index contributed by atoms with van der Waals surface area (Å²) < 4.78 is 29.9. The Hall–Kier alpha value is -3.46. The van der Waals surface area contributed by atoms with Crippen LogP contribution >= 0.6 is 0 Å². The highest BCUT2D eigenvalue weighted by Crippen LogP contribution is 2.26. The van der Waals surface area contributed by atoms with Gasteiger partial charge in [-0.1, -0.05) is 12.1 Å². The second-order valence-electron chi connectivity index (χ2n) is 6.20. The van der Waals surface area contributed by atoms with Gasteiger partial charge in [-0.05, 0) is 49.4 Å². The highest BCUT2D eigenvalue weighted by Gasteiger charge is 2.18. The van der Waals surface area contributed by atoms with Crippen molar-refractivity contribution in [2.45, 2.75) is 11.8 Å². The largest absolute Gasteiger partial charge is 0.478 e. The zero-order valence-corrected chi connectivity index (χ0v) is 16.5. The highest BCUT2D eigenvalue weighted by atomic mass is 32.2. The Labute approximate surface area is 167 Å². The lowest BCUT2D eigenvalue weighted by atomic mass is 10.1. The van der Waals surface area contributed by atoms with Gasteiger partial charge in [-0.15, -0.1) is 0 Å². The van der Waals surface area contributed by atoms with Crippen LogP contribution in [0, 0.1) is 0 Å². The highest BCUT2D eigenvalue weighted by molar-refractivity contribution is 7.90. The van der Waals surface area contributed by atoms with Crippen molar-refractivity contribution < 1.29 is 27.9 Å². The van der Waals surface area contributed by atoms with Crippen LogP contribution < -0.4 is 0 Å². The van der Waals surface area contributed by atoms with Gasteiger partial charge in [0.15, 0.2) is 15.5 Å². The molecule has 0 amide bonds. The number of esters is 1. The number of carboxylic acid groups (broad SMARTS) is 1. The Morgan fingerprint density at radius 1 is 1.07 bits per heavy atom. The molecule has 0 aliphatic carbocycles. The third-order valence-electron chi connectivity index (χ3n) is 4.13. The number of hydrogen-bond donors (Lipinski definition) is 1. The van der Waals surface area contributed by atoms with Crippen LogP contribution in [-0.4, -0.2) is 48.1 Å². The summed E-state index contributed by atoms with van der Waals surface area (Å²) in [5, 5.41) is 13.4. The van der Waals surface area contributed by atoms with Crippen molar-refractivity contribution in [1.29, 1.82) is 0 Å². The molecular weight excluding hydrogens is 396 g/mol. The van der Waals surface area contributed by atoms with E-state index < -0.39 is 21.8 Å². The zero-order chi connectivity index (χ0) is 21.2. The monoisotopic (exact) mass is 414 g/mol. The normalized spacial score (nSPS) is 11.2. The van der Waals surface area contributed by atoms with E-state index in [1.165, 1.54) is 28.9 Å². The van der Waals surface area contributed by atoms with Crippen LogP contribution in [0.4, 0.5) is 0 Å². The lowest BCUT2D eigenvalue weighted by molar-refractivity contribution is 0.0518. The second-order valence-corrected chi connectivity index (χ2v) is 8.21. The summed E-state index contributed by atoms with van der Waals surface area (Å²) in [7, 11) is -3.34. The summed E-state index contributed by atoms with van der Waals surface area (Å²) in [6.45, 7) is 1.88. The number of carboxylic acids is 1. The van der Waals surface area contributed by atoms with Crippen molar-refractivity contribution >= 4 is 21.8 Å². The number of rotatable bonds is 6. The average Bonchev–Trinajstić information content (AvgIpc) is 3.13. The first-order valence-corrected chi connectivity index (χ1v) is 10.5. The fraction of sp³-hybridized carbons (Fsp3) is 0.150. The molecule has 0 atom stereocenters. The molecule has 0 aliphatic heterocycles. The Morgan fingerprint density at radius 3 is 2.21 bits per heavy atom. The molecule has 0 unspecified atom stereocenters. The third-order valence-corrected chi connectivity index (χ3v) is 5.26. The van der Waals surface area contributed by atoms with Crippen molar-refractivity contribution in [3.8, 4) is 16.9 Å². The number of carbonyl (C=O) groups is 2. The quantitative estimate of drug-likeness (QED) is 0.617. The van der Waals surface area contributed by atoms with Crippen molar-refractivity contribution in [3.63, 3.8) is 0 Å². The van der Waals surface area contributed by atoms with E-state index in [0.29, 0.717) is 16.9 Å². The molecule has 0 fully saturated rings. The second kappa shape index (κ2) is 7.88. The number of hydrogen-bond acceptors (Lipinski definition) is 6. The molecule has 150 valence electrons. The van der Waals surface area contributed by atoms with Crippen LogP contribution in [-0.2, 0) is 14.6 Å². The van der Waals surface area contributed by atoms with Gasteiger partial charge in [0.25, 0.3) is 0 Å². The van der Waals surface area contributed by atoms with Crippen LogP contribution in [0.1, 0.15) is 27.8 Å². The summed E-state index contributed by atoms with van der Waals surface area (Å²) in [5.41, 5.74) is 1.88. The molecule has 0 saturated carbocycles. The molecule has 9 heteroatoms. The summed E-state index contributed by atoms with van der Waals surface area (Å²) in [4.78, 5) is 23.4. The fourth-order valence-electron chi connectivity index (χ4n) is 2.71. The molecule has 29 heavy (non-hydrogen) atoms. The predicted molar refractivity (Wildman–Crippen MR) is 105 cm³/mol. The third kappa shape index (κ3) is 4.35. The Bertz CT molecular complexity index is 1160. The lowest BCUT2D eigenvalue weighted by Crippen LogP contribution is -2.07. The predicted octanol–water partition coefficient (Wildman–Crippen LogP) is 2.82. The van der Waals surface area contributed by atoms with E-state index in [1.54, 1.807) is 37.3 Å². The maximum absolute atomic E-state index is 12.1. The summed E-state index contributed by atoms with van der Waals surface area (Å²) in [6.07, 6.45) is 1.12. The summed E-state index contributed by atoms with van der Waals surface area (Å²) >= 11 is 0. The van der Waals surface area contributed by atoms with Gasteiger partial charge in [-0.25, -0.2) is 22.7 Å². The number of sulfone groups is 1. The van der Waals surface area contributed by atoms with Gasteiger partial charge < -0.3 is 9.84 Å². The standard InChI is InChI=1S/C20H18N2O6S/c1-3-28-20(25)17-12-18(13-6-10-16(11-7-13)29(2,26)27)22(21-17)15-8-4-14(5-9-15)19(23)24/h4-12H,3H2,1-2H3,(H,23,24). The van der Waals surface area contributed by atoms with Crippen molar-refractivity contribution in [2.75, 3.05) is 12.9 Å². The van der Waals surface area contributed by atoms with E-state index in [1.807, 2.05) is 0 Å². The molecule has 8 nitrogen and oxygen atoms in total. The molecule has 0 saturated heterocycles. The van der Waals surface area contributed by atoms with E-state index in [0.717, 1.165) is 6.26 Å². The maximum Gasteiger partial charge on any atom is 0.358 e. The van der Waals surface area contributed by atoms with Gasteiger partial charge >= 0.3 is 11.9 Å². The topological polar surface area (TPSA) is 116 Å². The van der Waals surface area contributed by atoms with Gasteiger partial charge in [0.2, 0.25) is 0 Å². The van der Waals surface area contributed by atoms with Crippen molar-refractivity contribution in [1.82, 2.24) is 9.78 Å². The number of aromatic nitrogens is 2. The fourth-order valence-corrected chi connectivity index (χ4v) is 3.34. The van der Waals surface area contributed by atoms with Gasteiger partial charge in [0.1, 0.15) is 0 Å². The van der Waals surface area contributed by atoms with E-state index in [-0.39, 0.29) is 22.8 Å². The molecule has 1 aromatic heterocycles. The molecule has 2 aromatic carbocycles. The van der Waals surface area contributed by atoms with E-state index >= 15 is 0 Å². The molecule has 3 aromatic rings. The minimum Gasteiger partial charge on any atom is -0.478 e. The molecule has 1 heterocycles. The number of carbonyl (C=O) groups excluding carboxylic acids is 1. The van der Waals surface area contributed by atoms with Crippen LogP contribution in [0.5, 0.6) is 0 Å². The molecule has 0 spiro atoms. The molecule has 1 N–H and O–H groups in total. The molecular formula is C20H18N2O6S. The summed E-state index contributed by atoms with van der Waals surface area (Å²) in [5.74, 6) is -1.65. The number of nitrogens with zero attached hydrogens (tertiary/aromatic N) is 2. The Balaban J connectivity index is 2.11. The van der Waals surface area contributed by atoms with Crippen molar-refractivity contribution in [2.24, 2.45) is 0 Å². The average molecular weight is 414 g/mol. The van der Waals surface area contributed by atoms with E-state index in [9.17, 15) is 18.0 Å². The molecule has 0 bridgehead atoms. The van der Waals surface area contributed by atoms with Crippen molar-refractivity contribution in [3.05, 3.63) is 65.9 Å². The molecule has 0 radical (unpaired) electrons. The van der Waals surface area contributed by atoms with Crippen LogP contribution in [0.25, 0.3) is 16.9 Å². The Morgan fingerprint density at radius 2 is 1.69 bits per heavy atom. The van der Waals surface area contributed by atoms with E-state index in [2.05, 4.69) is 5.10 Å². The molecule has 0 aliphatic rings. The van der Waals surface area contributed by atoms with Crippen LogP contribution in [0.3, 0.4) is 0 Å². The lowest BCUT2D eigenvalue weighted by Gasteiger charge is -2.08. The first-order chi connectivity index (χ1) is 13.7. The first kappa shape index (κ1) is 20.3. The minimum atomic E-state index is -3.34.